The average Bonchev–Trinajstić information content (AvgIpc) is 2.34. The molecule has 3 amide bonds. The second kappa shape index (κ2) is 6.37. The summed E-state index contributed by atoms with van der Waals surface area (Å²) in [6.07, 6.45) is -1.18. The van der Waals surface area contributed by atoms with Crippen LogP contribution in [0.1, 0.15) is 13.8 Å². The molecule has 0 saturated carbocycles. The van der Waals surface area contributed by atoms with Gasteiger partial charge in [0.25, 0.3) is 0 Å². The summed E-state index contributed by atoms with van der Waals surface area (Å²) in [4.78, 5) is 36.9. The number of aliphatic hydroxyl groups excluding tert-OH is 1. The highest BCUT2D eigenvalue weighted by Crippen LogP contribution is 2.03. The van der Waals surface area contributed by atoms with Crippen molar-refractivity contribution in [3.8, 4) is 0 Å². The summed E-state index contributed by atoms with van der Waals surface area (Å²) in [6.45, 7) is 4.30. The van der Waals surface area contributed by atoms with E-state index in [-0.39, 0.29) is 5.91 Å². The summed E-state index contributed by atoms with van der Waals surface area (Å²) >= 11 is 0. The van der Waals surface area contributed by atoms with Crippen LogP contribution in [0.3, 0.4) is 0 Å². The fourth-order valence-electron chi connectivity index (χ4n) is 1.84. The van der Waals surface area contributed by atoms with Gasteiger partial charge < -0.3 is 25.3 Å². The average molecular weight is 273 g/mol. The van der Waals surface area contributed by atoms with Crippen molar-refractivity contribution >= 4 is 17.9 Å². The first-order valence-corrected chi connectivity index (χ1v) is 6.04. The molecule has 1 saturated heterocycles. The molecule has 0 radical (unpaired) electrons. The summed E-state index contributed by atoms with van der Waals surface area (Å²) in [5.74, 6) is -1.34. The van der Waals surface area contributed by atoms with Crippen molar-refractivity contribution in [2.24, 2.45) is 0 Å². The summed E-state index contributed by atoms with van der Waals surface area (Å²) < 4.78 is 0. The van der Waals surface area contributed by atoms with E-state index in [1.807, 2.05) is 0 Å². The summed E-state index contributed by atoms with van der Waals surface area (Å²) in [5, 5.41) is 20.4. The standard InChI is InChI=1S/C11H19N3O5/c1-7(15)9(10(17)18)12-11(19)14-5-3-13(4-6-14)8(2)16/h7,9,15H,3-6H2,1-2H3,(H,12,19)(H,17,18)/t7-,9+/m1/s1. The Morgan fingerprint density at radius 3 is 1.95 bits per heavy atom. The Morgan fingerprint density at radius 2 is 1.58 bits per heavy atom. The molecule has 1 rings (SSSR count). The highest BCUT2D eigenvalue weighted by molar-refractivity contribution is 5.83. The smallest absolute Gasteiger partial charge is 0.328 e. The van der Waals surface area contributed by atoms with E-state index >= 15 is 0 Å². The summed E-state index contributed by atoms with van der Waals surface area (Å²) in [5.41, 5.74) is 0. The van der Waals surface area contributed by atoms with Crippen molar-refractivity contribution in [3.05, 3.63) is 0 Å². The zero-order chi connectivity index (χ0) is 14.6. The second-order valence-electron chi connectivity index (χ2n) is 4.50. The van der Waals surface area contributed by atoms with E-state index in [4.69, 9.17) is 5.11 Å². The van der Waals surface area contributed by atoms with Gasteiger partial charge in [-0.3, -0.25) is 4.79 Å². The molecule has 3 N–H and O–H groups in total. The van der Waals surface area contributed by atoms with Crippen LogP contribution in [0.4, 0.5) is 4.79 Å². The minimum Gasteiger partial charge on any atom is -0.480 e. The van der Waals surface area contributed by atoms with Gasteiger partial charge in [0.1, 0.15) is 0 Å². The Kier molecular flexibility index (Phi) is 5.11. The lowest BCUT2D eigenvalue weighted by Gasteiger charge is -2.34. The molecule has 0 aromatic rings. The lowest BCUT2D eigenvalue weighted by molar-refractivity contribution is -0.141. The van der Waals surface area contributed by atoms with Gasteiger partial charge in [0, 0.05) is 33.1 Å². The number of carboxylic acids is 1. The third kappa shape index (κ3) is 4.09. The molecule has 1 aliphatic heterocycles. The first kappa shape index (κ1) is 15.2. The van der Waals surface area contributed by atoms with Crippen LogP contribution in [0, 0.1) is 0 Å². The maximum atomic E-state index is 11.8. The number of carboxylic acid groups (broad SMARTS) is 1. The van der Waals surface area contributed by atoms with Crippen LogP contribution in [0.5, 0.6) is 0 Å². The van der Waals surface area contributed by atoms with Crippen molar-refractivity contribution in [1.82, 2.24) is 15.1 Å². The van der Waals surface area contributed by atoms with Crippen molar-refractivity contribution in [2.45, 2.75) is 26.0 Å². The van der Waals surface area contributed by atoms with E-state index in [2.05, 4.69) is 5.32 Å². The molecule has 0 spiro atoms. The third-order valence-corrected chi connectivity index (χ3v) is 3.04. The number of hydrogen-bond acceptors (Lipinski definition) is 4. The number of rotatable bonds is 3. The van der Waals surface area contributed by atoms with Gasteiger partial charge in [-0.2, -0.15) is 0 Å². The Labute approximate surface area is 111 Å². The number of urea groups is 1. The van der Waals surface area contributed by atoms with Gasteiger partial charge in [-0.1, -0.05) is 0 Å². The number of aliphatic carboxylic acids is 1. The Balaban J connectivity index is 2.51. The van der Waals surface area contributed by atoms with E-state index in [1.54, 1.807) is 4.90 Å². The van der Waals surface area contributed by atoms with Crippen molar-refractivity contribution in [1.29, 1.82) is 0 Å². The number of hydrogen-bond donors (Lipinski definition) is 3. The summed E-state index contributed by atoms with van der Waals surface area (Å²) in [6, 6.07) is -1.88. The fraction of sp³-hybridized carbons (Fsp3) is 0.727. The van der Waals surface area contributed by atoms with E-state index < -0.39 is 24.1 Å². The maximum Gasteiger partial charge on any atom is 0.328 e. The minimum absolute atomic E-state index is 0.0487. The predicted molar refractivity (Wildman–Crippen MR) is 65.5 cm³/mol. The lowest BCUT2D eigenvalue weighted by atomic mass is 10.2. The zero-order valence-electron chi connectivity index (χ0n) is 11.0. The van der Waals surface area contributed by atoms with Crippen molar-refractivity contribution in [3.63, 3.8) is 0 Å². The minimum atomic E-state index is -1.33. The number of carbonyl (C=O) groups is 3. The highest BCUT2D eigenvalue weighted by Gasteiger charge is 2.29. The Bertz CT molecular complexity index is 363. The molecular weight excluding hydrogens is 254 g/mol. The molecule has 108 valence electrons. The second-order valence-corrected chi connectivity index (χ2v) is 4.50. The molecule has 0 aromatic carbocycles. The van der Waals surface area contributed by atoms with Gasteiger partial charge in [0.2, 0.25) is 5.91 Å². The van der Waals surface area contributed by atoms with Gasteiger partial charge in [-0.05, 0) is 6.92 Å². The zero-order valence-corrected chi connectivity index (χ0v) is 11.0. The molecule has 8 heteroatoms. The number of amides is 3. The molecule has 8 nitrogen and oxygen atoms in total. The largest absolute Gasteiger partial charge is 0.480 e. The highest BCUT2D eigenvalue weighted by atomic mass is 16.4. The van der Waals surface area contributed by atoms with Crippen LogP contribution >= 0.6 is 0 Å². The normalized spacial score (nSPS) is 18.7. The SMILES string of the molecule is CC(=O)N1CCN(C(=O)N[C@H](C(=O)O)[C@@H](C)O)CC1. The van der Waals surface area contributed by atoms with Gasteiger partial charge in [0.05, 0.1) is 6.10 Å². The first-order chi connectivity index (χ1) is 8.82. The molecule has 0 bridgehead atoms. The molecule has 0 aliphatic carbocycles. The molecule has 0 aromatic heterocycles. The topological polar surface area (TPSA) is 110 Å². The van der Waals surface area contributed by atoms with Crippen LogP contribution < -0.4 is 5.32 Å². The molecule has 1 fully saturated rings. The van der Waals surface area contributed by atoms with Crippen molar-refractivity contribution in [2.75, 3.05) is 26.2 Å². The molecule has 19 heavy (non-hydrogen) atoms. The lowest BCUT2D eigenvalue weighted by Crippen LogP contribution is -2.57. The molecule has 2 atom stereocenters. The fourth-order valence-corrected chi connectivity index (χ4v) is 1.84. The maximum absolute atomic E-state index is 11.8. The van der Waals surface area contributed by atoms with Crippen LogP contribution in [-0.4, -0.2) is 76.2 Å². The van der Waals surface area contributed by atoms with Gasteiger partial charge in [-0.15, -0.1) is 0 Å². The van der Waals surface area contributed by atoms with Crippen molar-refractivity contribution < 1.29 is 24.6 Å². The van der Waals surface area contributed by atoms with Crippen LogP contribution in [-0.2, 0) is 9.59 Å². The van der Waals surface area contributed by atoms with Gasteiger partial charge in [0.15, 0.2) is 6.04 Å². The quantitative estimate of drug-likeness (QED) is 0.591. The van der Waals surface area contributed by atoms with Crippen LogP contribution in [0.15, 0.2) is 0 Å². The monoisotopic (exact) mass is 273 g/mol. The van der Waals surface area contributed by atoms with E-state index in [0.717, 1.165) is 0 Å². The Hall–Kier alpha value is -1.83. The number of nitrogens with one attached hydrogen (secondary N) is 1. The Morgan fingerprint density at radius 1 is 1.11 bits per heavy atom. The number of nitrogens with zero attached hydrogens (tertiary/aromatic N) is 2. The van der Waals surface area contributed by atoms with Crippen LogP contribution in [0.2, 0.25) is 0 Å². The number of carbonyl (C=O) groups excluding carboxylic acids is 2. The number of aliphatic hydroxyl groups is 1. The van der Waals surface area contributed by atoms with E-state index in [9.17, 15) is 19.5 Å². The molecule has 1 aliphatic rings. The summed E-state index contributed by atoms with van der Waals surface area (Å²) in [7, 11) is 0. The van der Waals surface area contributed by atoms with Gasteiger partial charge >= 0.3 is 12.0 Å². The predicted octanol–water partition coefficient (Wildman–Crippen LogP) is -1.31. The molecule has 1 heterocycles. The number of piperazine rings is 1. The molecular formula is C11H19N3O5. The first-order valence-electron chi connectivity index (χ1n) is 6.04. The van der Waals surface area contributed by atoms with E-state index in [1.165, 1.54) is 18.7 Å². The van der Waals surface area contributed by atoms with E-state index in [0.29, 0.717) is 26.2 Å². The van der Waals surface area contributed by atoms with Crippen LogP contribution in [0.25, 0.3) is 0 Å². The molecule has 0 unspecified atom stereocenters. The van der Waals surface area contributed by atoms with Gasteiger partial charge in [-0.25, -0.2) is 9.59 Å². The third-order valence-electron chi connectivity index (χ3n) is 3.04.